The first-order valence-electron chi connectivity index (χ1n) is 8.22. The van der Waals surface area contributed by atoms with Crippen molar-refractivity contribution in [3.05, 3.63) is 53.7 Å². The van der Waals surface area contributed by atoms with Crippen LogP contribution in [-0.2, 0) is 6.18 Å². The third kappa shape index (κ3) is 5.73. The van der Waals surface area contributed by atoms with Crippen molar-refractivity contribution in [1.29, 1.82) is 0 Å². The molecule has 1 aromatic carbocycles. The Hall–Kier alpha value is -2.03. The number of aromatic nitrogens is 1. The van der Waals surface area contributed by atoms with E-state index >= 15 is 0 Å². The number of alkyl halides is 3. The number of hydrogen-bond donors (Lipinski definition) is 1. The van der Waals surface area contributed by atoms with Gasteiger partial charge in [-0.2, -0.15) is 13.2 Å². The van der Waals surface area contributed by atoms with Crippen molar-refractivity contribution in [1.82, 2.24) is 9.88 Å². The highest BCUT2D eigenvalue weighted by Crippen LogP contribution is 2.31. The van der Waals surface area contributed by atoms with Crippen LogP contribution in [0.3, 0.4) is 0 Å². The number of halogens is 5. The monoisotopic (exact) mass is 436 g/mol. The average Bonchev–Trinajstić information content (AvgIpc) is 2.62. The third-order valence-electron chi connectivity index (χ3n) is 4.28. The molecule has 0 bridgehead atoms. The van der Waals surface area contributed by atoms with Crippen molar-refractivity contribution in [2.24, 2.45) is 0 Å². The minimum absolute atomic E-state index is 0. The number of amides is 1. The molecule has 28 heavy (non-hydrogen) atoms. The number of nitrogens with one attached hydrogen (secondary N) is 1. The SMILES string of the molecule is CN1CCN(c2ncccc2C(=O)Nc2cccc(C(F)(F)F)c2)CC1.Cl.Cl. The van der Waals surface area contributed by atoms with Gasteiger partial charge in [-0.15, -0.1) is 24.8 Å². The minimum Gasteiger partial charge on any atom is -0.353 e. The molecule has 0 unspecified atom stereocenters. The fraction of sp³-hybridized carbons (Fsp3) is 0.333. The van der Waals surface area contributed by atoms with Crippen molar-refractivity contribution in [3.63, 3.8) is 0 Å². The normalized spacial score (nSPS) is 14.6. The Balaban J connectivity index is 0.00000196. The predicted octanol–water partition coefficient (Wildman–Crippen LogP) is 3.95. The Morgan fingerprint density at radius 2 is 1.75 bits per heavy atom. The molecule has 3 rings (SSSR count). The highest BCUT2D eigenvalue weighted by molar-refractivity contribution is 6.07. The van der Waals surface area contributed by atoms with Gasteiger partial charge in [0.2, 0.25) is 0 Å². The van der Waals surface area contributed by atoms with Crippen LogP contribution in [-0.4, -0.2) is 49.0 Å². The largest absolute Gasteiger partial charge is 0.416 e. The molecule has 154 valence electrons. The molecule has 0 saturated carbocycles. The molecule has 1 aliphatic rings. The van der Waals surface area contributed by atoms with Crippen molar-refractivity contribution >= 4 is 42.2 Å². The molecule has 1 aliphatic heterocycles. The van der Waals surface area contributed by atoms with Crippen molar-refractivity contribution in [3.8, 4) is 0 Å². The summed E-state index contributed by atoms with van der Waals surface area (Å²) in [6, 6.07) is 7.85. The Kier molecular flexibility index (Phi) is 8.53. The zero-order valence-corrected chi connectivity index (χ0v) is 16.7. The highest BCUT2D eigenvalue weighted by Gasteiger charge is 2.30. The molecule has 0 spiro atoms. The molecule has 2 heterocycles. The van der Waals surface area contributed by atoms with E-state index in [9.17, 15) is 18.0 Å². The van der Waals surface area contributed by atoms with Gasteiger partial charge in [-0.05, 0) is 37.4 Å². The van der Waals surface area contributed by atoms with Gasteiger partial charge in [0, 0.05) is 38.1 Å². The van der Waals surface area contributed by atoms with E-state index in [4.69, 9.17) is 0 Å². The maximum atomic E-state index is 12.8. The second-order valence-electron chi connectivity index (χ2n) is 6.20. The summed E-state index contributed by atoms with van der Waals surface area (Å²) in [6.07, 6.45) is -2.85. The van der Waals surface area contributed by atoms with Crippen LogP contribution in [0.2, 0.25) is 0 Å². The number of carbonyl (C=O) groups excluding carboxylic acids is 1. The lowest BCUT2D eigenvalue weighted by Gasteiger charge is -2.34. The molecule has 2 aromatic rings. The molecular formula is C18H21Cl2F3N4O. The third-order valence-corrected chi connectivity index (χ3v) is 4.28. The standard InChI is InChI=1S/C18H19F3N4O.2ClH/c1-24-8-10-25(11-9-24)16-15(6-3-7-22-16)17(26)23-14-5-2-4-13(12-14)18(19,20)21;;/h2-7,12H,8-11H2,1H3,(H,23,26);2*1H. The Bertz CT molecular complexity index is 796. The van der Waals surface area contributed by atoms with Gasteiger partial charge in [0.1, 0.15) is 5.82 Å². The van der Waals surface area contributed by atoms with E-state index in [0.29, 0.717) is 11.4 Å². The second kappa shape index (κ2) is 9.95. The number of carbonyl (C=O) groups is 1. The van der Waals surface area contributed by atoms with Crippen LogP contribution in [0.25, 0.3) is 0 Å². The Labute approximate surface area is 173 Å². The lowest BCUT2D eigenvalue weighted by atomic mass is 10.1. The number of hydrogen-bond acceptors (Lipinski definition) is 4. The minimum atomic E-state index is -4.46. The summed E-state index contributed by atoms with van der Waals surface area (Å²) < 4.78 is 38.5. The molecule has 1 aromatic heterocycles. The number of benzene rings is 1. The van der Waals surface area contributed by atoms with Crippen molar-refractivity contribution in [2.45, 2.75) is 6.18 Å². The fourth-order valence-electron chi connectivity index (χ4n) is 2.82. The van der Waals surface area contributed by atoms with Gasteiger partial charge in [0.05, 0.1) is 11.1 Å². The topological polar surface area (TPSA) is 48.5 Å². The maximum absolute atomic E-state index is 12.8. The number of piperazine rings is 1. The molecule has 0 atom stereocenters. The van der Waals surface area contributed by atoms with Gasteiger partial charge < -0.3 is 15.1 Å². The van der Waals surface area contributed by atoms with E-state index in [1.165, 1.54) is 12.1 Å². The van der Waals surface area contributed by atoms with Gasteiger partial charge in [0.25, 0.3) is 5.91 Å². The van der Waals surface area contributed by atoms with Crippen LogP contribution in [0.4, 0.5) is 24.7 Å². The van der Waals surface area contributed by atoms with Gasteiger partial charge in [-0.25, -0.2) is 4.98 Å². The van der Waals surface area contributed by atoms with Crippen LogP contribution in [0.1, 0.15) is 15.9 Å². The Morgan fingerprint density at radius 1 is 1.07 bits per heavy atom. The number of likely N-dealkylation sites (N-methyl/N-ethyl adjacent to an activating group) is 1. The van der Waals surface area contributed by atoms with E-state index in [1.807, 2.05) is 11.9 Å². The fourth-order valence-corrected chi connectivity index (χ4v) is 2.82. The summed E-state index contributed by atoms with van der Waals surface area (Å²) in [5.74, 6) is 0.0661. The summed E-state index contributed by atoms with van der Waals surface area (Å²) in [6.45, 7) is 3.17. The maximum Gasteiger partial charge on any atom is 0.416 e. The molecular weight excluding hydrogens is 416 g/mol. The Morgan fingerprint density at radius 3 is 2.39 bits per heavy atom. The van der Waals surface area contributed by atoms with Crippen LogP contribution in [0.15, 0.2) is 42.6 Å². The van der Waals surface area contributed by atoms with Crippen LogP contribution < -0.4 is 10.2 Å². The second-order valence-corrected chi connectivity index (χ2v) is 6.20. The summed E-state index contributed by atoms with van der Waals surface area (Å²) >= 11 is 0. The molecule has 5 nitrogen and oxygen atoms in total. The molecule has 1 fully saturated rings. The van der Waals surface area contributed by atoms with E-state index in [0.717, 1.165) is 38.3 Å². The number of rotatable bonds is 3. The molecule has 0 aliphatic carbocycles. The van der Waals surface area contributed by atoms with E-state index in [2.05, 4.69) is 15.2 Å². The summed E-state index contributed by atoms with van der Waals surface area (Å²) in [5, 5.41) is 2.54. The molecule has 1 saturated heterocycles. The zero-order valence-electron chi connectivity index (χ0n) is 15.1. The zero-order chi connectivity index (χ0) is 18.7. The van der Waals surface area contributed by atoms with Gasteiger partial charge >= 0.3 is 6.18 Å². The van der Waals surface area contributed by atoms with Gasteiger partial charge in [-0.3, -0.25) is 4.79 Å². The number of pyridine rings is 1. The predicted molar refractivity (Wildman–Crippen MR) is 108 cm³/mol. The summed E-state index contributed by atoms with van der Waals surface area (Å²) in [7, 11) is 2.02. The number of nitrogens with zero attached hydrogens (tertiary/aromatic N) is 3. The molecule has 0 radical (unpaired) electrons. The first kappa shape index (κ1) is 24.0. The van der Waals surface area contributed by atoms with E-state index < -0.39 is 17.6 Å². The first-order chi connectivity index (χ1) is 12.3. The number of anilines is 2. The van der Waals surface area contributed by atoms with E-state index in [1.54, 1.807) is 18.3 Å². The summed E-state index contributed by atoms with van der Waals surface area (Å²) in [5.41, 5.74) is -0.367. The summed E-state index contributed by atoms with van der Waals surface area (Å²) in [4.78, 5) is 21.1. The first-order valence-corrected chi connectivity index (χ1v) is 8.22. The van der Waals surface area contributed by atoms with Gasteiger partial charge in [-0.1, -0.05) is 6.07 Å². The quantitative estimate of drug-likeness (QED) is 0.791. The van der Waals surface area contributed by atoms with Crippen LogP contribution >= 0.6 is 24.8 Å². The van der Waals surface area contributed by atoms with E-state index in [-0.39, 0.29) is 30.5 Å². The van der Waals surface area contributed by atoms with Crippen LogP contribution in [0.5, 0.6) is 0 Å². The van der Waals surface area contributed by atoms with Gasteiger partial charge in [0.15, 0.2) is 0 Å². The van der Waals surface area contributed by atoms with Crippen molar-refractivity contribution in [2.75, 3.05) is 43.4 Å². The molecule has 10 heteroatoms. The van der Waals surface area contributed by atoms with Crippen LogP contribution in [0, 0.1) is 0 Å². The molecule has 1 amide bonds. The highest BCUT2D eigenvalue weighted by atomic mass is 35.5. The molecule has 1 N–H and O–H groups in total. The smallest absolute Gasteiger partial charge is 0.353 e. The average molecular weight is 437 g/mol. The lowest BCUT2D eigenvalue weighted by molar-refractivity contribution is -0.137. The lowest BCUT2D eigenvalue weighted by Crippen LogP contribution is -2.45. The van der Waals surface area contributed by atoms with Crippen molar-refractivity contribution < 1.29 is 18.0 Å².